The largest absolute Gasteiger partial charge is 0.396 e. The van der Waals surface area contributed by atoms with Crippen LogP contribution in [0, 0.1) is 0 Å². The van der Waals surface area contributed by atoms with Crippen LogP contribution in [0.25, 0.3) is 0 Å². The number of aliphatic hydroxyl groups excluding tert-OH is 1. The smallest absolute Gasteiger partial charge is 0.0701 e. The molecule has 31 heteroatoms. The maximum atomic E-state index is 8.75. The Balaban J connectivity index is 3.09. The van der Waals surface area contributed by atoms with Crippen LogP contribution in [0.3, 0.4) is 0 Å². The minimum Gasteiger partial charge on any atom is -0.396 e. The Hall–Kier alpha value is -1.24. The van der Waals surface area contributed by atoms with E-state index in [1.54, 1.807) is 0 Å². The summed E-state index contributed by atoms with van der Waals surface area (Å²) in [5.74, 6) is 0. The van der Waals surface area contributed by atoms with E-state index in [1.807, 2.05) is 0 Å². The number of hydrogen-bond donors (Lipinski definition) is 1. The molecule has 0 aliphatic rings. The fourth-order valence-corrected chi connectivity index (χ4v) is 8.66. The maximum absolute atomic E-state index is 8.75. The highest BCUT2D eigenvalue weighted by Gasteiger charge is 2.03. The summed E-state index contributed by atoms with van der Waals surface area (Å²) in [5, 5.41) is 8.75. The third-order valence-electron chi connectivity index (χ3n) is 14.4. The van der Waals surface area contributed by atoms with Crippen LogP contribution in [-0.4, -0.2) is 408 Å². The first-order chi connectivity index (χ1) is 52.9. The zero-order valence-electron chi connectivity index (χ0n) is 66.0. The second-order valence-corrected chi connectivity index (χ2v) is 23.3. The Morgan fingerprint density at radius 3 is 0.292 bits per heavy atom. The van der Waals surface area contributed by atoms with Crippen molar-refractivity contribution < 1.29 is 147 Å². The van der Waals surface area contributed by atoms with E-state index in [4.69, 9.17) is 147 Å². The lowest BCUT2D eigenvalue weighted by Gasteiger charge is -2.09. The molecule has 1 N–H and O–H groups in total. The molecule has 0 bridgehead atoms. The van der Waals surface area contributed by atoms with Crippen LogP contribution < -0.4 is 0 Å². The lowest BCUT2D eigenvalue weighted by molar-refractivity contribution is -0.0324. The van der Waals surface area contributed by atoms with Crippen LogP contribution in [0.1, 0.15) is 90.4 Å². The number of unbranched alkanes of at least 4 members (excludes halogenated alkanes) is 11. The van der Waals surface area contributed by atoms with Crippen molar-refractivity contribution in [3.8, 4) is 0 Å². The molecule has 0 aliphatic heterocycles. The van der Waals surface area contributed by atoms with Gasteiger partial charge in [0.25, 0.3) is 0 Å². The van der Waals surface area contributed by atoms with Gasteiger partial charge in [0.15, 0.2) is 0 Å². The van der Waals surface area contributed by atoms with Gasteiger partial charge in [-0.3, -0.25) is 0 Å². The molecule has 0 heterocycles. The average Bonchev–Trinajstić information content (AvgIpc) is 3.85. The highest BCUT2D eigenvalue weighted by Crippen LogP contribution is 2.11. The maximum Gasteiger partial charge on any atom is 0.0701 e. The average molecular weight is 1550 g/mol. The van der Waals surface area contributed by atoms with Crippen LogP contribution in [-0.2, 0) is 142 Å². The summed E-state index contributed by atoms with van der Waals surface area (Å²) < 4.78 is 166. The van der Waals surface area contributed by atoms with Gasteiger partial charge in [-0.25, -0.2) is 0 Å². The molecule has 31 nitrogen and oxygen atoms in total. The third kappa shape index (κ3) is 103. The standard InChI is InChI=1S/C75H152O31/c1-2-3-4-5-6-7-8-9-10-13-16-77-18-20-79-22-24-81-26-28-83-30-32-85-34-36-87-38-40-89-42-44-91-46-48-93-50-52-95-54-56-97-58-60-99-62-64-101-66-68-103-70-72-105-74-75-106-73-71-104-69-67-102-65-63-100-61-59-98-57-55-96-53-51-94-49-47-92-45-43-90-41-39-88-37-35-86-33-31-84-29-27-82-25-23-80-21-19-78-17-14-11-12-15-76/h76H,2-75H2,1H3. The molecule has 0 atom stereocenters. The van der Waals surface area contributed by atoms with E-state index >= 15 is 0 Å². The van der Waals surface area contributed by atoms with Crippen molar-refractivity contribution in [2.24, 2.45) is 0 Å². The Bertz CT molecular complexity index is 1370. The SMILES string of the molecule is CCCCCCCCCCCCOCCOCCOCCOCCOCCOCCOCCOCCOCCOCCOCCOCCOCCOCCOCCOCCOCCOCCOCCOCCOCCOCCOCCOCCOCCOCCOCCOCCOCCOCCCCCO. The molecular formula is C75H152O31. The van der Waals surface area contributed by atoms with E-state index in [9.17, 15) is 0 Å². The van der Waals surface area contributed by atoms with Gasteiger partial charge in [0.2, 0.25) is 0 Å². The second kappa shape index (κ2) is 104. The van der Waals surface area contributed by atoms with Crippen molar-refractivity contribution in [3.05, 3.63) is 0 Å². The molecule has 0 aromatic rings. The van der Waals surface area contributed by atoms with Crippen LogP contribution in [0.2, 0.25) is 0 Å². The van der Waals surface area contributed by atoms with Crippen LogP contribution in [0.4, 0.5) is 0 Å². The molecule has 0 amide bonds. The molecule has 638 valence electrons. The zero-order chi connectivity index (χ0) is 75.5. The van der Waals surface area contributed by atoms with E-state index in [0.29, 0.717) is 390 Å². The van der Waals surface area contributed by atoms with Crippen LogP contribution in [0.15, 0.2) is 0 Å². The predicted octanol–water partition coefficient (Wildman–Crippen LogP) is 5.57. The van der Waals surface area contributed by atoms with E-state index in [-0.39, 0.29) is 6.61 Å². The van der Waals surface area contributed by atoms with Gasteiger partial charge >= 0.3 is 0 Å². The minimum absolute atomic E-state index is 0.239. The van der Waals surface area contributed by atoms with Gasteiger partial charge in [0.1, 0.15) is 0 Å². The first-order valence-corrected chi connectivity index (χ1v) is 39.8. The predicted molar refractivity (Wildman–Crippen MR) is 397 cm³/mol. The molecule has 0 aromatic carbocycles. The van der Waals surface area contributed by atoms with E-state index in [1.165, 1.54) is 57.8 Å². The lowest BCUT2D eigenvalue weighted by atomic mass is 10.1. The van der Waals surface area contributed by atoms with Crippen molar-refractivity contribution >= 4 is 0 Å². The van der Waals surface area contributed by atoms with Crippen molar-refractivity contribution in [1.29, 1.82) is 0 Å². The summed E-state index contributed by atoms with van der Waals surface area (Å²) in [4.78, 5) is 0. The van der Waals surface area contributed by atoms with Crippen molar-refractivity contribution in [3.63, 3.8) is 0 Å². The third-order valence-corrected chi connectivity index (χ3v) is 14.4. The number of aliphatic hydroxyl groups is 1. The Kier molecular flexibility index (Phi) is 103. The minimum atomic E-state index is 0.239. The van der Waals surface area contributed by atoms with E-state index in [0.717, 1.165) is 32.3 Å². The molecule has 0 saturated carbocycles. The van der Waals surface area contributed by atoms with Crippen LogP contribution in [0.5, 0.6) is 0 Å². The molecule has 0 unspecified atom stereocenters. The summed E-state index contributed by atoms with van der Waals surface area (Å²) in [6, 6.07) is 0. The molecule has 0 radical (unpaired) electrons. The van der Waals surface area contributed by atoms with Gasteiger partial charge in [0.05, 0.1) is 383 Å². The molecule has 0 rings (SSSR count). The highest BCUT2D eigenvalue weighted by atomic mass is 16.6. The monoisotopic (exact) mass is 1550 g/mol. The molecule has 0 fully saturated rings. The normalized spacial score (nSPS) is 11.8. The van der Waals surface area contributed by atoms with Gasteiger partial charge in [-0.15, -0.1) is 0 Å². The Labute approximate surface area is 638 Å². The first-order valence-electron chi connectivity index (χ1n) is 39.8. The van der Waals surface area contributed by atoms with Crippen molar-refractivity contribution in [2.75, 3.05) is 403 Å². The Morgan fingerprint density at radius 1 is 0.104 bits per heavy atom. The summed E-state index contributed by atoms with van der Waals surface area (Å²) in [6.45, 7) is 33.0. The fourth-order valence-electron chi connectivity index (χ4n) is 8.66. The van der Waals surface area contributed by atoms with Crippen molar-refractivity contribution in [2.45, 2.75) is 90.4 Å². The quantitative estimate of drug-likeness (QED) is 0.0728. The zero-order valence-corrected chi connectivity index (χ0v) is 66.0. The summed E-state index contributed by atoms with van der Waals surface area (Å²) >= 11 is 0. The van der Waals surface area contributed by atoms with Crippen LogP contribution >= 0.6 is 0 Å². The Morgan fingerprint density at radius 2 is 0.189 bits per heavy atom. The second-order valence-electron chi connectivity index (χ2n) is 23.3. The first kappa shape index (κ1) is 105. The summed E-state index contributed by atoms with van der Waals surface area (Å²) in [5.41, 5.74) is 0. The molecule has 106 heavy (non-hydrogen) atoms. The lowest BCUT2D eigenvalue weighted by Crippen LogP contribution is -2.16. The number of ether oxygens (including phenoxy) is 30. The molecule has 0 saturated heterocycles. The van der Waals surface area contributed by atoms with Gasteiger partial charge in [-0.1, -0.05) is 64.7 Å². The fraction of sp³-hybridized carbons (Fsp3) is 1.00. The highest BCUT2D eigenvalue weighted by molar-refractivity contribution is 4.50. The van der Waals surface area contributed by atoms with Crippen molar-refractivity contribution in [1.82, 2.24) is 0 Å². The van der Waals surface area contributed by atoms with E-state index in [2.05, 4.69) is 6.92 Å². The van der Waals surface area contributed by atoms with Gasteiger partial charge in [-0.05, 0) is 25.7 Å². The van der Waals surface area contributed by atoms with Gasteiger partial charge < -0.3 is 147 Å². The molecule has 0 aliphatic carbocycles. The van der Waals surface area contributed by atoms with Gasteiger partial charge in [0, 0.05) is 19.8 Å². The van der Waals surface area contributed by atoms with Gasteiger partial charge in [-0.2, -0.15) is 0 Å². The number of hydrogen-bond acceptors (Lipinski definition) is 31. The summed E-state index contributed by atoms with van der Waals surface area (Å²) in [7, 11) is 0. The summed E-state index contributed by atoms with van der Waals surface area (Å²) in [6.07, 6.45) is 16.1. The number of rotatable bonds is 103. The topological polar surface area (TPSA) is 297 Å². The molecular weight excluding hydrogens is 1400 g/mol. The van der Waals surface area contributed by atoms with E-state index < -0.39 is 0 Å². The molecule has 0 spiro atoms. The molecule has 0 aromatic heterocycles.